The molecule has 1 aromatic heterocycles. The van der Waals surface area contributed by atoms with Gasteiger partial charge in [0.05, 0.1) is 0 Å². The topological polar surface area (TPSA) is 64.3 Å². The molecule has 2 heterocycles. The van der Waals surface area contributed by atoms with Crippen LogP contribution in [0.5, 0.6) is 11.6 Å². The van der Waals surface area contributed by atoms with Crippen LogP contribution in [0.3, 0.4) is 0 Å². The standard InChI is InChI=1S/C14H15BrN4O/c15-10-3-5-11(6-4-10)20-14-12(16)13(17-9-18-14)19-7-1-2-8-19/h3-6,9H,1-2,7-8,16H2. The molecule has 2 N–H and O–H groups in total. The highest BCUT2D eigenvalue weighted by molar-refractivity contribution is 9.10. The van der Waals surface area contributed by atoms with Gasteiger partial charge in [0.2, 0.25) is 5.88 Å². The number of anilines is 2. The molecule has 1 fully saturated rings. The SMILES string of the molecule is Nc1c(Oc2ccc(Br)cc2)ncnc1N1CCCC1. The number of hydrogen-bond donors (Lipinski definition) is 1. The van der Waals surface area contributed by atoms with E-state index in [-0.39, 0.29) is 0 Å². The molecule has 0 bridgehead atoms. The van der Waals surface area contributed by atoms with Gasteiger partial charge in [-0.25, -0.2) is 4.98 Å². The van der Waals surface area contributed by atoms with Crippen molar-refractivity contribution in [3.63, 3.8) is 0 Å². The molecule has 1 aliphatic rings. The maximum Gasteiger partial charge on any atom is 0.248 e. The first-order valence-electron chi connectivity index (χ1n) is 6.53. The van der Waals surface area contributed by atoms with Crippen molar-refractivity contribution in [1.82, 2.24) is 9.97 Å². The molecular formula is C14H15BrN4O. The van der Waals surface area contributed by atoms with Crippen LogP contribution in [-0.2, 0) is 0 Å². The van der Waals surface area contributed by atoms with Crippen molar-refractivity contribution in [3.8, 4) is 11.6 Å². The molecule has 0 radical (unpaired) electrons. The number of nitrogens with two attached hydrogens (primary N) is 1. The van der Waals surface area contributed by atoms with E-state index in [1.54, 1.807) is 0 Å². The summed E-state index contributed by atoms with van der Waals surface area (Å²) in [6, 6.07) is 7.55. The minimum absolute atomic E-state index is 0.407. The van der Waals surface area contributed by atoms with Gasteiger partial charge >= 0.3 is 0 Å². The van der Waals surface area contributed by atoms with Crippen LogP contribution < -0.4 is 15.4 Å². The van der Waals surface area contributed by atoms with Gasteiger partial charge in [-0.05, 0) is 37.1 Å². The summed E-state index contributed by atoms with van der Waals surface area (Å²) in [7, 11) is 0. The Kier molecular flexibility index (Phi) is 3.73. The van der Waals surface area contributed by atoms with E-state index in [4.69, 9.17) is 10.5 Å². The highest BCUT2D eigenvalue weighted by Gasteiger charge is 2.19. The zero-order chi connectivity index (χ0) is 13.9. The lowest BCUT2D eigenvalue weighted by atomic mass is 10.3. The van der Waals surface area contributed by atoms with E-state index in [2.05, 4.69) is 30.8 Å². The van der Waals surface area contributed by atoms with Crippen LogP contribution in [0.2, 0.25) is 0 Å². The number of ether oxygens (including phenoxy) is 1. The summed E-state index contributed by atoms with van der Waals surface area (Å²) in [5, 5.41) is 0. The summed E-state index contributed by atoms with van der Waals surface area (Å²) in [5.41, 5.74) is 6.64. The normalized spacial score (nSPS) is 14.6. The van der Waals surface area contributed by atoms with Gasteiger partial charge in [-0.3, -0.25) is 0 Å². The first kappa shape index (κ1) is 13.2. The molecule has 104 valence electrons. The second-order valence-corrected chi connectivity index (χ2v) is 5.58. The molecule has 5 nitrogen and oxygen atoms in total. The highest BCUT2D eigenvalue weighted by Crippen LogP contribution is 2.33. The summed E-state index contributed by atoms with van der Waals surface area (Å²) in [4.78, 5) is 10.6. The van der Waals surface area contributed by atoms with Gasteiger partial charge < -0.3 is 15.4 Å². The first-order chi connectivity index (χ1) is 9.74. The van der Waals surface area contributed by atoms with E-state index < -0.39 is 0 Å². The Morgan fingerprint density at radius 2 is 1.80 bits per heavy atom. The molecule has 0 atom stereocenters. The third-order valence-corrected chi connectivity index (χ3v) is 3.79. The van der Waals surface area contributed by atoms with E-state index in [9.17, 15) is 0 Å². The van der Waals surface area contributed by atoms with Crippen LogP contribution in [0.15, 0.2) is 35.1 Å². The van der Waals surface area contributed by atoms with Crippen molar-refractivity contribution >= 4 is 27.4 Å². The predicted molar refractivity (Wildman–Crippen MR) is 82.1 cm³/mol. The molecule has 0 amide bonds. The van der Waals surface area contributed by atoms with Crippen LogP contribution in [0.25, 0.3) is 0 Å². The summed E-state index contributed by atoms with van der Waals surface area (Å²) in [6.45, 7) is 1.97. The fraction of sp³-hybridized carbons (Fsp3) is 0.286. The van der Waals surface area contributed by atoms with Crippen LogP contribution >= 0.6 is 15.9 Å². The molecule has 1 aromatic carbocycles. The Hall–Kier alpha value is -1.82. The average molecular weight is 335 g/mol. The number of aromatic nitrogens is 2. The Morgan fingerprint density at radius 3 is 2.50 bits per heavy atom. The molecule has 2 aromatic rings. The van der Waals surface area contributed by atoms with Gasteiger partial charge in [-0.2, -0.15) is 4.98 Å². The monoisotopic (exact) mass is 334 g/mol. The summed E-state index contributed by atoms with van der Waals surface area (Å²) < 4.78 is 6.74. The van der Waals surface area contributed by atoms with Crippen molar-refractivity contribution in [2.24, 2.45) is 0 Å². The van der Waals surface area contributed by atoms with Crippen molar-refractivity contribution in [2.75, 3.05) is 23.7 Å². The number of nitrogen functional groups attached to an aromatic ring is 1. The maximum absolute atomic E-state index is 6.14. The summed E-state index contributed by atoms with van der Waals surface area (Å²) in [6.07, 6.45) is 3.84. The molecule has 0 saturated carbocycles. The lowest BCUT2D eigenvalue weighted by molar-refractivity contribution is 0.464. The fourth-order valence-electron chi connectivity index (χ4n) is 2.25. The van der Waals surface area contributed by atoms with E-state index in [1.165, 1.54) is 19.2 Å². The van der Waals surface area contributed by atoms with Crippen molar-refractivity contribution in [3.05, 3.63) is 35.1 Å². The van der Waals surface area contributed by atoms with Crippen molar-refractivity contribution < 1.29 is 4.74 Å². The van der Waals surface area contributed by atoms with Gasteiger partial charge in [0, 0.05) is 17.6 Å². The largest absolute Gasteiger partial charge is 0.437 e. The average Bonchev–Trinajstić information content (AvgIpc) is 2.97. The minimum atomic E-state index is 0.407. The Morgan fingerprint density at radius 1 is 1.10 bits per heavy atom. The quantitative estimate of drug-likeness (QED) is 0.933. The third-order valence-electron chi connectivity index (χ3n) is 3.26. The van der Waals surface area contributed by atoms with E-state index in [0.717, 1.165) is 23.4 Å². The van der Waals surface area contributed by atoms with Crippen LogP contribution in [0.4, 0.5) is 11.5 Å². The third kappa shape index (κ3) is 2.70. The van der Waals surface area contributed by atoms with E-state index in [1.807, 2.05) is 24.3 Å². The molecule has 0 spiro atoms. The maximum atomic E-state index is 6.14. The van der Waals surface area contributed by atoms with E-state index in [0.29, 0.717) is 17.3 Å². The second kappa shape index (κ2) is 5.66. The predicted octanol–water partition coefficient (Wildman–Crippen LogP) is 3.21. The second-order valence-electron chi connectivity index (χ2n) is 4.67. The highest BCUT2D eigenvalue weighted by atomic mass is 79.9. The van der Waals surface area contributed by atoms with Gasteiger partial charge in [-0.15, -0.1) is 0 Å². The fourth-order valence-corrected chi connectivity index (χ4v) is 2.51. The number of halogens is 1. The zero-order valence-corrected chi connectivity index (χ0v) is 12.5. The van der Waals surface area contributed by atoms with Crippen LogP contribution in [-0.4, -0.2) is 23.1 Å². The summed E-state index contributed by atoms with van der Waals surface area (Å²) in [5.74, 6) is 1.87. The molecule has 3 rings (SSSR count). The molecular weight excluding hydrogens is 320 g/mol. The Balaban J connectivity index is 1.86. The van der Waals surface area contributed by atoms with E-state index >= 15 is 0 Å². The zero-order valence-electron chi connectivity index (χ0n) is 10.9. The number of nitrogens with zero attached hydrogens (tertiary/aromatic N) is 3. The smallest absolute Gasteiger partial charge is 0.248 e. The summed E-state index contributed by atoms with van der Waals surface area (Å²) >= 11 is 3.39. The molecule has 20 heavy (non-hydrogen) atoms. The van der Waals surface area contributed by atoms with Gasteiger partial charge in [-0.1, -0.05) is 15.9 Å². The Labute approximate surface area is 125 Å². The first-order valence-corrected chi connectivity index (χ1v) is 7.32. The van der Waals surface area contributed by atoms with Gasteiger partial charge in [0.1, 0.15) is 17.8 Å². The number of rotatable bonds is 3. The van der Waals surface area contributed by atoms with Crippen LogP contribution in [0.1, 0.15) is 12.8 Å². The van der Waals surface area contributed by atoms with Crippen LogP contribution in [0, 0.1) is 0 Å². The van der Waals surface area contributed by atoms with Gasteiger partial charge in [0.25, 0.3) is 0 Å². The number of hydrogen-bond acceptors (Lipinski definition) is 5. The molecule has 0 unspecified atom stereocenters. The van der Waals surface area contributed by atoms with Gasteiger partial charge in [0.15, 0.2) is 5.82 Å². The Bertz CT molecular complexity index is 597. The lowest BCUT2D eigenvalue weighted by Gasteiger charge is -2.19. The minimum Gasteiger partial charge on any atom is -0.437 e. The molecule has 0 aliphatic carbocycles. The van der Waals surface area contributed by atoms with Crippen molar-refractivity contribution in [2.45, 2.75) is 12.8 Å². The number of benzene rings is 1. The molecule has 1 saturated heterocycles. The molecule has 6 heteroatoms. The van der Waals surface area contributed by atoms with Crippen molar-refractivity contribution in [1.29, 1.82) is 0 Å². The molecule has 1 aliphatic heterocycles. The lowest BCUT2D eigenvalue weighted by Crippen LogP contribution is -2.20.